The van der Waals surface area contributed by atoms with Crippen molar-refractivity contribution in [3.63, 3.8) is 0 Å². The minimum absolute atomic E-state index is 0.193. The maximum atomic E-state index is 11.7. The van der Waals surface area contributed by atoms with Crippen LogP contribution in [0.4, 0.5) is 0 Å². The minimum atomic E-state index is -0.612. The predicted octanol–water partition coefficient (Wildman–Crippen LogP) is 1.90. The molecule has 136 valence electrons. The van der Waals surface area contributed by atoms with Gasteiger partial charge in [-0.05, 0) is 29.5 Å². The molecule has 0 radical (unpaired) electrons. The summed E-state index contributed by atoms with van der Waals surface area (Å²) < 4.78 is 15.2. The number of benzene rings is 1. The number of carbonyl (C=O) groups is 2. The third-order valence-electron chi connectivity index (χ3n) is 3.41. The van der Waals surface area contributed by atoms with Crippen LogP contribution in [0.15, 0.2) is 33.3 Å². The third kappa shape index (κ3) is 4.24. The first-order valence-corrected chi connectivity index (χ1v) is 8.78. The molecule has 0 spiro atoms. The molecule has 3 rings (SSSR count). The van der Waals surface area contributed by atoms with E-state index in [4.69, 9.17) is 21.1 Å². The van der Waals surface area contributed by atoms with Crippen LogP contribution in [0.1, 0.15) is 16.7 Å². The molecule has 26 heavy (non-hydrogen) atoms. The normalized spacial score (nSPS) is 19.5. The van der Waals surface area contributed by atoms with E-state index in [1.54, 1.807) is 0 Å². The second kappa shape index (κ2) is 8.35. The maximum Gasteiger partial charge on any atom is 0.331 e. The number of amidine groups is 1. The summed E-state index contributed by atoms with van der Waals surface area (Å²) in [6, 6.07) is 3.72. The Kier molecular flexibility index (Phi) is 5.92. The summed E-state index contributed by atoms with van der Waals surface area (Å²) >= 11 is 6.97. The van der Waals surface area contributed by atoms with E-state index >= 15 is 0 Å². The molecule has 1 fully saturated rings. The largest absolute Gasteiger partial charge is 0.467 e. The van der Waals surface area contributed by atoms with Crippen LogP contribution in [0.2, 0.25) is 0 Å². The summed E-state index contributed by atoms with van der Waals surface area (Å²) in [4.78, 5) is 23.1. The number of esters is 1. The van der Waals surface area contributed by atoms with Crippen molar-refractivity contribution in [1.82, 2.24) is 5.32 Å². The minimum Gasteiger partial charge on any atom is -0.467 e. The average Bonchev–Trinajstić information content (AvgIpc) is 3.00. The van der Waals surface area contributed by atoms with Gasteiger partial charge >= 0.3 is 5.97 Å². The summed E-state index contributed by atoms with van der Waals surface area (Å²) in [6.45, 7) is 0.638. The number of carbonyl (C=O) groups excluding carboxylic acids is 2. The lowest BCUT2D eigenvalue weighted by Gasteiger charge is -2.20. The SMILES string of the molecule is COC(=O)/C=C1/S/C(=N\N=Cc2cc(CCl)c3c(c2)COCO3)NC1=O. The highest BCUT2D eigenvalue weighted by Gasteiger charge is 2.25. The molecular formula is C16H14ClN3O5S. The van der Waals surface area contributed by atoms with Crippen molar-refractivity contribution in [2.75, 3.05) is 13.9 Å². The van der Waals surface area contributed by atoms with Crippen LogP contribution in [0.25, 0.3) is 0 Å². The Morgan fingerprint density at radius 1 is 1.50 bits per heavy atom. The highest BCUT2D eigenvalue weighted by molar-refractivity contribution is 8.18. The molecule has 1 saturated heterocycles. The molecule has 2 aliphatic rings. The van der Waals surface area contributed by atoms with Crippen molar-refractivity contribution in [2.45, 2.75) is 12.5 Å². The Bertz CT molecular complexity index is 820. The zero-order valence-electron chi connectivity index (χ0n) is 13.7. The molecule has 0 bridgehead atoms. The number of methoxy groups -OCH3 is 1. The molecule has 8 nitrogen and oxygen atoms in total. The average molecular weight is 396 g/mol. The summed E-state index contributed by atoms with van der Waals surface area (Å²) in [7, 11) is 1.24. The van der Waals surface area contributed by atoms with E-state index in [-0.39, 0.29) is 16.9 Å². The Balaban J connectivity index is 1.75. The number of fused-ring (bicyclic) bond motifs is 1. The van der Waals surface area contributed by atoms with Crippen molar-refractivity contribution in [3.8, 4) is 5.75 Å². The van der Waals surface area contributed by atoms with E-state index < -0.39 is 11.9 Å². The van der Waals surface area contributed by atoms with Gasteiger partial charge in [0.2, 0.25) is 0 Å². The molecule has 2 aliphatic heterocycles. The number of hydrogen-bond donors (Lipinski definition) is 1. The lowest BCUT2D eigenvalue weighted by molar-refractivity contribution is -0.135. The predicted molar refractivity (Wildman–Crippen MR) is 97.1 cm³/mol. The lowest BCUT2D eigenvalue weighted by atomic mass is 10.1. The fourth-order valence-electron chi connectivity index (χ4n) is 2.29. The van der Waals surface area contributed by atoms with Gasteiger partial charge in [0.25, 0.3) is 5.91 Å². The highest BCUT2D eigenvalue weighted by Crippen LogP contribution is 2.30. The standard InChI is InChI=1S/C16H14ClN3O5S/c1-23-13(21)4-12-15(22)19-16(26-12)20-18-6-9-2-10(5-17)14-11(3-9)7-24-8-25-14/h2-4,6H,5,7-8H2,1H3,(H,19,20,22)/b12-4+,18-6?. The van der Waals surface area contributed by atoms with Gasteiger partial charge in [0, 0.05) is 17.2 Å². The van der Waals surface area contributed by atoms with Crippen LogP contribution in [0, 0.1) is 0 Å². The van der Waals surface area contributed by atoms with Gasteiger partial charge in [-0.3, -0.25) is 10.1 Å². The van der Waals surface area contributed by atoms with Gasteiger partial charge in [-0.25, -0.2) is 4.79 Å². The molecular weight excluding hydrogens is 382 g/mol. The zero-order valence-corrected chi connectivity index (χ0v) is 15.2. The second-order valence-electron chi connectivity index (χ2n) is 5.15. The first-order valence-electron chi connectivity index (χ1n) is 7.43. The van der Waals surface area contributed by atoms with Gasteiger partial charge in [0.15, 0.2) is 12.0 Å². The van der Waals surface area contributed by atoms with E-state index in [9.17, 15) is 9.59 Å². The number of nitrogens with one attached hydrogen (secondary N) is 1. The first kappa shape index (κ1) is 18.4. The summed E-state index contributed by atoms with van der Waals surface area (Å²) in [6.07, 6.45) is 2.63. The lowest BCUT2D eigenvalue weighted by Crippen LogP contribution is -2.19. The van der Waals surface area contributed by atoms with Crippen LogP contribution in [-0.2, 0) is 31.5 Å². The van der Waals surface area contributed by atoms with Gasteiger partial charge in [-0.15, -0.1) is 16.7 Å². The molecule has 1 aromatic rings. The number of hydrogen-bond acceptors (Lipinski definition) is 8. The molecule has 0 atom stereocenters. The smallest absolute Gasteiger partial charge is 0.331 e. The molecule has 0 aromatic heterocycles. The van der Waals surface area contributed by atoms with E-state index in [0.717, 1.165) is 40.3 Å². The number of halogens is 1. The number of thioether (sulfide) groups is 1. The Morgan fingerprint density at radius 3 is 3.12 bits per heavy atom. The van der Waals surface area contributed by atoms with Gasteiger partial charge in [0.1, 0.15) is 5.75 Å². The van der Waals surface area contributed by atoms with Gasteiger partial charge in [-0.1, -0.05) is 0 Å². The van der Waals surface area contributed by atoms with Gasteiger partial charge in [0.05, 0.1) is 30.7 Å². The van der Waals surface area contributed by atoms with Crippen LogP contribution in [0.5, 0.6) is 5.75 Å². The Morgan fingerprint density at radius 2 is 2.35 bits per heavy atom. The fraction of sp³-hybridized carbons (Fsp3) is 0.250. The monoisotopic (exact) mass is 395 g/mol. The van der Waals surface area contributed by atoms with Crippen molar-refractivity contribution in [1.29, 1.82) is 0 Å². The number of nitrogens with zero attached hydrogens (tertiary/aromatic N) is 2. The van der Waals surface area contributed by atoms with E-state index in [1.165, 1.54) is 13.3 Å². The Labute approximate surface area is 158 Å². The topological polar surface area (TPSA) is 98.6 Å². The van der Waals surface area contributed by atoms with Crippen molar-refractivity contribution in [2.24, 2.45) is 10.2 Å². The summed E-state index contributed by atoms with van der Waals surface area (Å²) in [5.41, 5.74) is 2.50. The van der Waals surface area contributed by atoms with Crippen LogP contribution in [0.3, 0.4) is 0 Å². The molecule has 1 aromatic carbocycles. The number of rotatable bonds is 4. The van der Waals surface area contributed by atoms with Crippen molar-refractivity contribution in [3.05, 3.63) is 39.8 Å². The molecule has 0 saturated carbocycles. The van der Waals surface area contributed by atoms with Gasteiger partial charge < -0.3 is 14.2 Å². The van der Waals surface area contributed by atoms with Crippen LogP contribution < -0.4 is 10.1 Å². The number of amides is 1. The maximum absolute atomic E-state index is 11.7. The Hall–Kier alpha value is -2.36. The molecule has 1 amide bonds. The van der Waals surface area contributed by atoms with E-state index in [1.807, 2.05) is 12.1 Å². The highest BCUT2D eigenvalue weighted by atomic mass is 35.5. The van der Waals surface area contributed by atoms with E-state index in [2.05, 4.69) is 20.3 Å². The molecule has 10 heteroatoms. The number of ether oxygens (including phenoxy) is 3. The number of alkyl halides is 1. The first-order chi connectivity index (χ1) is 12.6. The van der Waals surface area contributed by atoms with E-state index in [0.29, 0.717) is 12.5 Å². The molecule has 0 unspecified atom stereocenters. The van der Waals surface area contributed by atoms with Crippen LogP contribution in [-0.4, -0.2) is 37.2 Å². The summed E-state index contributed by atoms with van der Waals surface area (Å²) in [5, 5.41) is 10.7. The molecule has 0 aliphatic carbocycles. The summed E-state index contributed by atoms with van der Waals surface area (Å²) in [5.74, 6) is -0.00108. The van der Waals surface area contributed by atoms with Gasteiger partial charge in [-0.2, -0.15) is 5.10 Å². The molecule has 1 N–H and O–H groups in total. The molecule has 2 heterocycles. The van der Waals surface area contributed by atoms with Crippen molar-refractivity contribution < 1.29 is 23.8 Å². The quantitative estimate of drug-likeness (QED) is 0.275. The van der Waals surface area contributed by atoms with Crippen molar-refractivity contribution >= 4 is 46.6 Å². The third-order valence-corrected chi connectivity index (χ3v) is 4.60. The zero-order chi connectivity index (χ0) is 18.5. The second-order valence-corrected chi connectivity index (χ2v) is 6.45. The van der Waals surface area contributed by atoms with Crippen LogP contribution >= 0.6 is 23.4 Å². The fourth-order valence-corrected chi connectivity index (χ4v) is 3.23.